The molecule has 6 nitrogen and oxygen atoms in total. The summed E-state index contributed by atoms with van der Waals surface area (Å²) in [5.74, 6) is -0.948. The molecule has 0 aliphatic heterocycles. The first-order valence-electron chi connectivity index (χ1n) is 34.0. The minimum atomic E-state index is -0.809. The highest BCUT2D eigenvalue weighted by molar-refractivity contribution is 5.71. The van der Waals surface area contributed by atoms with E-state index in [1.807, 2.05) is 0 Å². The SMILES string of the molecule is CC/C=C\C/C=C\C/C=C\C/C=C\C/C=C\C/C=C\C/C=C\CCCCCCCC(=O)OCC(COC(=O)CCCCCC/C=C\C/C=C\C/C=C\C/C=C\CC)OC(=O)CCCCCCCCCCC/C=C\C/C=C\CCCCCCC. The third-order valence-electron chi connectivity index (χ3n) is 14.0. The summed E-state index contributed by atoms with van der Waals surface area (Å²) in [5.41, 5.74) is 0. The number of esters is 3. The zero-order chi connectivity index (χ0) is 59.9. The second-order valence-corrected chi connectivity index (χ2v) is 22.0. The van der Waals surface area contributed by atoms with E-state index in [2.05, 4.69) is 179 Å². The standard InChI is InChI=1S/C77H124O6/c1-4-7-10-13-16-19-22-25-28-31-33-35-36-37-38-39-40-42-43-46-49-52-55-58-61-64-67-70-76(79)82-73-74(72-81-75(78)69-66-63-60-57-54-51-48-45-30-27-24-21-18-15-12-9-6-3)83-77(80)71-68-65-62-59-56-53-50-47-44-41-34-32-29-26-23-20-17-14-11-8-5-2/h7,9-10,12,16,18-19,21,23,25-28,30,32-35,37-38,40,42,46,48-49,51,74H,4-6,8,11,13-15,17,20,22,24,29,31,36,39,41,43-45,47,50,52-73H2,1-3H3/b10-7-,12-9-,19-16-,21-18-,26-23-,28-25-,30-27-,34-32-,35-33-,38-37-,42-40-,49-46-,51-48-. The second kappa shape index (κ2) is 69.5. The molecule has 1 atom stereocenters. The first-order valence-corrected chi connectivity index (χ1v) is 34.0. The Kier molecular flexibility index (Phi) is 65.4. The molecule has 0 aliphatic carbocycles. The van der Waals surface area contributed by atoms with Crippen molar-refractivity contribution >= 4 is 17.9 Å². The minimum absolute atomic E-state index is 0.104. The van der Waals surface area contributed by atoms with E-state index < -0.39 is 6.10 Å². The third-order valence-corrected chi connectivity index (χ3v) is 14.0. The molecule has 6 heteroatoms. The van der Waals surface area contributed by atoms with Crippen molar-refractivity contribution in [1.29, 1.82) is 0 Å². The third kappa shape index (κ3) is 67.7. The van der Waals surface area contributed by atoms with Gasteiger partial charge in [-0.3, -0.25) is 14.4 Å². The molecule has 83 heavy (non-hydrogen) atoms. The molecule has 0 aromatic heterocycles. The molecule has 0 bridgehead atoms. The Morgan fingerprint density at radius 1 is 0.253 bits per heavy atom. The van der Waals surface area contributed by atoms with E-state index in [1.165, 1.54) is 83.5 Å². The summed E-state index contributed by atoms with van der Waals surface area (Å²) in [5, 5.41) is 0. The van der Waals surface area contributed by atoms with E-state index in [1.54, 1.807) is 0 Å². The van der Waals surface area contributed by atoms with E-state index >= 15 is 0 Å². The average molecular weight is 1150 g/mol. The molecule has 0 aromatic carbocycles. The highest BCUT2D eigenvalue weighted by Crippen LogP contribution is 2.15. The van der Waals surface area contributed by atoms with Crippen molar-refractivity contribution < 1.29 is 28.6 Å². The van der Waals surface area contributed by atoms with Crippen LogP contribution in [0.15, 0.2) is 158 Å². The fraction of sp³-hybridized carbons (Fsp3) is 0.623. The van der Waals surface area contributed by atoms with Crippen molar-refractivity contribution in [3.8, 4) is 0 Å². The van der Waals surface area contributed by atoms with Gasteiger partial charge in [0.1, 0.15) is 13.2 Å². The summed E-state index contributed by atoms with van der Waals surface area (Å²) in [6.45, 7) is 6.37. The highest BCUT2D eigenvalue weighted by Gasteiger charge is 2.19. The van der Waals surface area contributed by atoms with E-state index in [4.69, 9.17) is 14.2 Å². The van der Waals surface area contributed by atoms with Crippen molar-refractivity contribution in [1.82, 2.24) is 0 Å². The van der Waals surface area contributed by atoms with Crippen LogP contribution < -0.4 is 0 Å². The average Bonchev–Trinajstić information content (AvgIpc) is 3.49. The molecular weight excluding hydrogens is 1020 g/mol. The molecule has 0 heterocycles. The van der Waals surface area contributed by atoms with Gasteiger partial charge in [0.2, 0.25) is 0 Å². The van der Waals surface area contributed by atoms with Crippen molar-refractivity contribution in [2.24, 2.45) is 0 Å². The molecular formula is C77H124O6. The van der Waals surface area contributed by atoms with Gasteiger partial charge in [0, 0.05) is 19.3 Å². The topological polar surface area (TPSA) is 78.9 Å². The largest absolute Gasteiger partial charge is 0.462 e. The molecule has 468 valence electrons. The highest BCUT2D eigenvalue weighted by atomic mass is 16.6. The van der Waals surface area contributed by atoms with Gasteiger partial charge in [-0.1, -0.05) is 281 Å². The number of carbonyl (C=O) groups is 3. The van der Waals surface area contributed by atoms with E-state index in [0.717, 1.165) is 167 Å². The Labute approximate surface area is 511 Å². The van der Waals surface area contributed by atoms with Crippen molar-refractivity contribution in [3.63, 3.8) is 0 Å². The molecule has 0 aromatic rings. The van der Waals surface area contributed by atoms with Crippen LogP contribution in [-0.2, 0) is 28.6 Å². The molecule has 0 spiro atoms. The van der Waals surface area contributed by atoms with Gasteiger partial charge in [-0.25, -0.2) is 0 Å². The number of carbonyl (C=O) groups excluding carboxylic acids is 3. The van der Waals surface area contributed by atoms with Crippen LogP contribution in [0.25, 0.3) is 0 Å². The van der Waals surface area contributed by atoms with Gasteiger partial charge in [0.05, 0.1) is 0 Å². The molecule has 0 radical (unpaired) electrons. The lowest BCUT2D eigenvalue weighted by molar-refractivity contribution is -0.167. The van der Waals surface area contributed by atoms with Crippen molar-refractivity contribution in [2.45, 2.75) is 297 Å². The normalized spacial score (nSPS) is 13.1. The summed E-state index contributed by atoms with van der Waals surface area (Å²) in [6, 6.07) is 0. The first kappa shape index (κ1) is 78.0. The van der Waals surface area contributed by atoms with Gasteiger partial charge in [-0.05, 0) is 148 Å². The lowest BCUT2D eigenvalue weighted by atomic mass is 10.1. The van der Waals surface area contributed by atoms with Crippen LogP contribution in [0.1, 0.15) is 290 Å². The van der Waals surface area contributed by atoms with Gasteiger partial charge >= 0.3 is 17.9 Å². The van der Waals surface area contributed by atoms with Crippen molar-refractivity contribution in [3.05, 3.63) is 158 Å². The van der Waals surface area contributed by atoms with Gasteiger partial charge in [0.15, 0.2) is 6.10 Å². The number of unbranched alkanes of at least 4 members (excludes halogenated alkanes) is 23. The molecule has 0 N–H and O–H groups in total. The molecule has 0 saturated carbocycles. The lowest BCUT2D eigenvalue weighted by Crippen LogP contribution is -2.30. The second-order valence-electron chi connectivity index (χ2n) is 22.0. The van der Waals surface area contributed by atoms with E-state index in [-0.39, 0.29) is 31.1 Å². The zero-order valence-electron chi connectivity index (χ0n) is 53.7. The fourth-order valence-corrected chi connectivity index (χ4v) is 8.97. The Balaban J connectivity index is 4.48. The number of hydrogen-bond acceptors (Lipinski definition) is 6. The van der Waals surface area contributed by atoms with E-state index in [0.29, 0.717) is 19.3 Å². The minimum Gasteiger partial charge on any atom is -0.462 e. The van der Waals surface area contributed by atoms with Crippen LogP contribution in [-0.4, -0.2) is 37.2 Å². The quantitative estimate of drug-likeness (QED) is 0.0261. The Bertz CT molecular complexity index is 1840. The van der Waals surface area contributed by atoms with Crippen LogP contribution in [0.3, 0.4) is 0 Å². The summed E-state index contributed by atoms with van der Waals surface area (Å²) in [6.07, 6.45) is 101. The van der Waals surface area contributed by atoms with E-state index in [9.17, 15) is 14.4 Å². The number of allylic oxidation sites excluding steroid dienone is 26. The zero-order valence-corrected chi connectivity index (χ0v) is 53.7. The molecule has 0 fully saturated rings. The Hall–Kier alpha value is -4.97. The van der Waals surface area contributed by atoms with Crippen LogP contribution in [0.5, 0.6) is 0 Å². The summed E-state index contributed by atoms with van der Waals surface area (Å²) >= 11 is 0. The maximum absolute atomic E-state index is 13.0. The molecule has 1 unspecified atom stereocenters. The molecule has 0 saturated heterocycles. The van der Waals surface area contributed by atoms with Gasteiger partial charge in [0.25, 0.3) is 0 Å². The molecule has 0 aliphatic rings. The predicted molar refractivity (Wildman–Crippen MR) is 362 cm³/mol. The fourth-order valence-electron chi connectivity index (χ4n) is 8.97. The summed E-state index contributed by atoms with van der Waals surface area (Å²) < 4.78 is 16.9. The first-order chi connectivity index (χ1) is 41.0. The maximum Gasteiger partial charge on any atom is 0.306 e. The smallest absolute Gasteiger partial charge is 0.306 e. The summed E-state index contributed by atoms with van der Waals surface area (Å²) in [4.78, 5) is 38.4. The van der Waals surface area contributed by atoms with Crippen LogP contribution in [0, 0.1) is 0 Å². The monoisotopic (exact) mass is 1140 g/mol. The Morgan fingerprint density at radius 2 is 0.470 bits per heavy atom. The summed E-state index contributed by atoms with van der Waals surface area (Å²) in [7, 11) is 0. The maximum atomic E-state index is 13.0. The van der Waals surface area contributed by atoms with Gasteiger partial charge in [-0.2, -0.15) is 0 Å². The van der Waals surface area contributed by atoms with Crippen LogP contribution >= 0.6 is 0 Å². The van der Waals surface area contributed by atoms with Gasteiger partial charge in [-0.15, -0.1) is 0 Å². The number of ether oxygens (including phenoxy) is 3. The van der Waals surface area contributed by atoms with Gasteiger partial charge < -0.3 is 14.2 Å². The van der Waals surface area contributed by atoms with Crippen LogP contribution in [0.4, 0.5) is 0 Å². The number of hydrogen-bond donors (Lipinski definition) is 0. The Morgan fingerprint density at radius 3 is 0.735 bits per heavy atom. The predicted octanol–water partition coefficient (Wildman–Crippen LogP) is 23.7. The van der Waals surface area contributed by atoms with Crippen LogP contribution in [0.2, 0.25) is 0 Å². The lowest BCUT2D eigenvalue weighted by Gasteiger charge is -2.18. The van der Waals surface area contributed by atoms with Crippen molar-refractivity contribution in [2.75, 3.05) is 13.2 Å². The molecule has 0 rings (SSSR count). The molecule has 0 amide bonds. The number of rotatable bonds is 60.